The van der Waals surface area contributed by atoms with Gasteiger partial charge in [0.15, 0.2) is 0 Å². The minimum Gasteiger partial charge on any atom is -0.444 e. The van der Waals surface area contributed by atoms with Gasteiger partial charge < -0.3 is 15.8 Å². The summed E-state index contributed by atoms with van der Waals surface area (Å²) in [5.41, 5.74) is 6.63. The molecule has 6 heteroatoms. The molecular formula is C17H26ClN3O2. The third kappa shape index (κ3) is 5.37. The molecule has 1 fully saturated rings. The largest absolute Gasteiger partial charge is 0.444 e. The lowest BCUT2D eigenvalue weighted by molar-refractivity contribution is 0.0504. The van der Waals surface area contributed by atoms with E-state index in [4.69, 9.17) is 22.1 Å². The number of carbonyl (C=O) groups excluding carboxylic acids is 1. The van der Waals surface area contributed by atoms with E-state index < -0.39 is 5.60 Å². The summed E-state index contributed by atoms with van der Waals surface area (Å²) in [6.07, 6.45) is 0.531. The van der Waals surface area contributed by atoms with E-state index in [1.54, 1.807) is 0 Å². The summed E-state index contributed by atoms with van der Waals surface area (Å²) in [6.45, 7) is 7.77. The number of halogens is 1. The van der Waals surface area contributed by atoms with Crippen LogP contribution in [0.3, 0.4) is 0 Å². The molecule has 1 aromatic rings. The van der Waals surface area contributed by atoms with E-state index in [-0.39, 0.29) is 18.2 Å². The van der Waals surface area contributed by atoms with Crippen LogP contribution >= 0.6 is 11.6 Å². The number of nitrogens with zero attached hydrogens (tertiary/aromatic N) is 1. The highest BCUT2D eigenvalue weighted by Crippen LogP contribution is 2.25. The van der Waals surface area contributed by atoms with Gasteiger partial charge in [-0.15, -0.1) is 0 Å². The van der Waals surface area contributed by atoms with Gasteiger partial charge in [-0.05, 0) is 44.9 Å². The van der Waals surface area contributed by atoms with Crippen LogP contribution in [0.4, 0.5) is 4.79 Å². The standard InChI is InChI=1S/C17H26ClN3O2/c1-17(2,3)23-16(22)20-14-8-9-21(11-14)15(10-19)12-4-6-13(18)7-5-12/h4-7,14-15H,8-11,19H2,1-3H3,(H,20,22). The second-order valence-corrected chi connectivity index (χ2v) is 7.37. The minimum atomic E-state index is -0.481. The maximum Gasteiger partial charge on any atom is 0.407 e. The molecule has 0 radical (unpaired) electrons. The van der Waals surface area contributed by atoms with Crippen LogP contribution in [-0.2, 0) is 4.74 Å². The van der Waals surface area contributed by atoms with Gasteiger partial charge in [0.1, 0.15) is 5.60 Å². The van der Waals surface area contributed by atoms with Crippen molar-refractivity contribution >= 4 is 17.7 Å². The fourth-order valence-corrected chi connectivity index (χ4v) is 2.97. The summed E-state index contributed by atoms with van der Waals surface area (Å²) in [4.78, 5) is 14.2. The molecule has 1 amide bonds. The third-order valence-electron chi connectivity index (χ3n) is 3.86. The highest BCUT2D eigenvalue weighted by atomic mass is 35.5. The predicted octanol–water partition coefficient (Wildman–Crippen LogP) is 2.94. The van der Waals surface area contributed by atoms with Crippen molar-refractivity contribution in [2.45, 2.75) is 44.9 Å². The van der Waals surface area contributed by atoms with Gasteiger partial charge in [-0.3, -0.25) is 4.90 Å². The molecule has 1 aliphatic rings. The van der Waals surface area contributed by atoms with Crippen molar-refractivity contribution in [2.24, 2.45) is 5.73 Å². The fourth-order valence-electron chi connectivity index (χ4n) is 2.84. The van der Waals surface area contributed by atoms with Crippen LogP contribution in [0.5, 0.6) is 0 Å². The molecule has 1 heterocycles. The quantitative estimate of drug-likeness (QED) is 0.885. The number of alkyl carbamates (subject to hydrolysis) is 1. The number of hydrogen-bond acceptors (Lipinski definition) is 4. The molecule has 23 heavy (non-hydrogen) atoms. The zero-order chi connectivity index (χ0) is 17.0. The number of ether oxygens (including phenoxy) is 1. The number of likely N-dealkylation sites (tertiary alicyclic amines) is 1. The van der Waals surface area contributed by atoms with Crippen LogP contribution in [0.2, 0.25) is 5.02 Å². The van der Waals surface area contributed by atoms with E-state index in [0.29, 0.717) is 6.54 Å². The molecule has 2 atom stereocenters. The highest BCUT2D eigenvalue weighted by Gasteiger charge is 2.30. The molecule has 5 nitrogen and oxygen atoms in total. The number of rotatable bonds is 4. The molecule has 0 aliphatic carbocycles. The number of carbonyl (C=O) groups is 1. The average Bonchev–Trinajstić information content (AvgIpc) is 2.87. The van der Waals surface area contributed by atoms with E-state index in [1.807, 2.05) is 45.0 Å². The monoisotopic (exact) mass is 339 g/mol. The first kappa shape index (κ1) is 18.0. The molecule has 1 saturated heterocycles. The van der Waals surface area contributed by atoms with E-state index >= 15 is 0 Å². The molecule has 0 spiro atoms. The molecule has 3 N–H and O–H groups in total. The van der Waals surface area contributed by atoms with Crippen LogP contribution < -0.4 is 11.1 Å². The Balaban J connectivity index is 1.93. The summed E-state index contributed by atoms with van der Waals surface area (Å²) in [5, 5.41) is 3.66. The van der Waals surface area contributed by atoms with E-state index in [9.17, 15) is 4.79 Å². The Morgan fingerprint density at radius 2 is 2.09 bits per heavy atom. The zero-order valence-electron chi connectivity index (χ0n) is 14.0. The Hall–Kier alpha value is -1.30. The summed E-state index contributed by atoms with van der Waals surface area (Å²) < 4.78 is 5.31. The maximum atomic E-state index is 11.9. The van der Waals surface area contributed by atoms with Gasteiger partial charge in [-0.25, -0.2) is 4.79 Å². The van der Waals surface area contributed by atoms with Crippen molar-refractivity contribution in [2.75, 3.05) is 19.6 Å². The molecule has 2 rings (SSSR count). The lowest BCUT2D eigenvalue weighted by Crippen LogP contribution is -2.41. The molecule has 1 aromatic carbocycles. The van der Waals surface area contributed by atoms with Gasteiger partial charge in [-0.1, -0.05) is 23.7 Å². The molecule has 2 unspecified atom stereocenters. The van der Waals surface area contributed by atoms with E-state index in [1.165, 1.54) is 0 Å². The van der Waals surface area contributed by atoms with Crippen molar-refractivity contribution in [3.05, 3.63) is 34.9 Å². The Bertz CT molecular complexity index is 528. The molecule has 0 bridgehead atoms. The number of hydrogen-bond donors (Lipinski definition) is 2. The smallest absolute Gasteiger partial charge is 0.407 e. The van der Waals surface area contributed by atoms with Crippen LogP contribution in [0.25, 0.3) is 0 Å². The summed E-state index contributed by atoms with van der Waals surface area (Å²) in [5.74, 6) is 0. The van der Waals surface area contributed by atoms with Crippen LogP contribution in [-0.4, -0.2) is 42.3 Å². The van der Waals surface area contributed by atoms with E-state index in [0.717, 1.165) is 30.1 Å². The normalized spacial score (nSPS) is 20.3. The molecule has 128 valence electrons. The van der Waals surface area contributed by atoms with Crippen molar-refractivity contribution in [3.63, 3.8) is 0 Å². The van der Waals surface area contributed by atoms with Crippen molar-refractivity contribution in [1.82, 2.24) is 10.2 Å². The maximum absolute atomic E-state index is 11.9. The summed E-state index contributed by atoms with van der Waals surface area (Å²) in [6, 6.07) is 8.00. The van der Waals surface area contributed by atoms with Crippen molar-refractivity contribution in [3.8, 4) is 0 Å². The zero-order valence-corrected chi connectivity index (χ0v) is 14.8. The summed E-state index contributed by atoms with van der Waals surface area (Å²) in [7, 11) is 0. The van der Waals surface area contributed by atoms with Crippen LogP contribution in [0, 0.1) is 0 Å². The fraction of sp³-hybridized carbons (Fsp3) is 0.588. The second kappa shape index (κ2) is 7.51. The first-order chi connectivity index (χ1) is 10.8. The van der Waals surface area contributed by atoms with Gasteiger partial charge in [-0.2, -0.15) is 0 Å². The van der Waals surface area contributed by atoms with Gasteiger partial charge >= 0.3 is 6.09 Å². The Labute approximate surface area is 143 Å². The van der Waals surface area contributed by atoms with E-state index in [2.05, 4.69) is 10.2 Å². The molecule has 0 saturated carbocycles. The van der Waals surface area contributed by atoms with Crippen molar-refractivity contribution in [1.29, 1.82) is 0 Å². The van der Waals surface area contributed by atoms with Crippen LogP contribution in [0.1, 0.15) is 38.8 Å². The third-order valence-corrected chi connectivity index (χ3v) is 4.11. The number of nitrogens with one attached hydrogen (secondary N) is 1. The van der Waals surface area contributed by atoms with Crippen LogP contribution in [0.15, 0.2) is 24.3 Å². The number of amides is 1. The van der Waals surface area contributed by atoms with Gasteiger partial charge in [0.05, 0.1) is 0 Å². The lowest BCUT2D eigenvalue weighted by atomic mass is 10.1. The Morgan fingerprint density at radius 3 is 2.65 bits per heavy atom. The summed E-state index contributed by atoms with van der Waals surface area (Å²) >= 11 is 5.95. The average molecular weight is 340 g/mol. The van der Waals surface area contributed by atoms with Crippen molar-refractivity contribution < 1.29 is 9.53 Å². The second-order valence-electron chi connectivity index (χ2n) is 6.93. The number of nitrogens with two attached hydrogens (primary N) is 1. The van der Waals surface area contributed by atoms with Gasteiger partial charge in [0, 0.05) is 36.7 Å². The molecular weight excluding hydrogens is 314 g/mol. The minimum absolute atomic E-state index is 0.0891. The lowest BCUT2D eigenvalue weighted by Gasteiger charge is -2.27. The Morgan fingerprint density at radius 1 is 1.43 bits per heavy atom. The SMILES string of the molecule is CC(C)(C)OC(=O)NC1CCN(C(CN)c2ccc(Cl)cc2)C1. The van der Waals surface area contributed by atoms with Gasteiger partial charge in [0.25, 0.3) is 0 Å². The first-order valence-electron chi connectivity index (χ1n) is 7.97. The predicted molar refractivity (Wildman–Crippen MR) is 92.6 cm³/mol. The first-order valence-corrected chi connectivity index (χ1v) is 8.35. The Kier molecular flexibility index (Phi) is 5.89. The van der Waals surface area contributed by atoms with Gasteiger partial charge in [0.2, 0.25) is 0 Å². The molecule has 0 aromatic heterocycles. The number of benzene rings is 1. The highest BCUT2D eigenvalue weighted by molar-refractivity contribution is 6.30. The topological polar surface area (TPSA) is 67.6 Å². The molecule has 1 aliphatic heterocycles.